The van der Waals surface area contributed by atoms with Crippen molar-refractivity contribution < 1.29 is 9.31 Å². The Morgan fingerprint density at radius 1 is 2.00 bits per heavy atom. The summed E-state index contributed by atoms with van der Waals surface area (Å²) in [4.78, 5) is 8.70. The molecule has 0 aliphatic heterocycles. The van der Waals surface area contributed by atoms with E-state index in [1.54, 1.807) is 0 Å². The molecule has 0 rings (SSSR count). The molecule has 0 N–H and O–H groups in total. The van der Waals surface area contributed by atoms with Crippen molar-refractivity contribution in [3.63, 3.8) is 0 Å². The van der Waals surface area contributed by atoms with Crippen molar-refractivity contribution in [2.24, 2.45) is 0 Å². The maximum absolute atomic E-state index is 11.5. The van der Waals surface area contributed by atoms with Gasteiger partial charge in [-0.2, -0.15) is 0 Å². The van der Waals surface area contributed by atoms with E-state index in [1.165, 1.54) is 0 Å². The number of hydrogen-bond acceptors (Lipinski definition) is 2. The van der Waals surface area contributed by atoms with E-state index >= 15 is 0 Å². The molecule has 0 aromatic heterocycles. The Morgan fingerprint density at radius 2 is 2.43 bits per heavy atom. The molecule has 0 heterocycles. The van der Waals surface area contributed by atoms with Crippen LogP contribution in [0.2, 0.25) is 0 Å². The first-order valence-electron chi connectivity index (χ1n) is 1.89. The van der Waals surface area contributed by atoms with Crippen molar-refractivity contribution in [1.82, 2.24) is 0 Å². The van der Waals surface area contributed by atoms with Gasteiger partial charge >= 0.3 is 0 Å². The third-order valence-corrected chi connectivity index (χ3v) is 0.401. The van der Waals surface area contributed by atoms with Gasteiger partial charge in [-0.3, -0.25) is 10.1 Å². The Bertz CT molecular complexity index is 73.3. The van der Waals surface area contributed by atoms with Crippen LogP contribution in [0, 0.1) is 10.1 Å². The Morgan fingerprint density at radius 3 is 2.43 bits per heavy atom. The fourth-order valence-corrected chi connectivity index (χ4v) is 0.205. The van der Waals surface area contributed by atoms with E-state index in [0.717, 1.165) is 6.92 Å². The maximum Gasteiger partial charge on any atom is 0.234 e. The number of nitrogens with zero attached hydrogens (tertiary/aromatic N) is 1. The van der Waals surface area contributed by atoms with Gasteiger partial charge in [0.15, 0.2) is 6.17 Å². The lowest BCUT2D eigenvalue weighted by molar-refractivity contribution is -0.486. The summed E-state index contributed by atoms with van der Waals surface area (Å²) in [6, 6.07) is 0. The second kappa shape index (κ2) is 2.49. The number of alkyl halides is 1. The van der Waals surface area contributed by atoms with Gasteiger partial charge in [0.1, 0.15) is 0 Å². The zero-order valence-corrected chi connectivity index (χ0v) is 3.93. The topological polar surface area (TPSA) is 43.1 Å². The zero-order chi connectivity index (χ0) is 5.86. The lowest BCUT2D eigenvalue weighted by atomic mass is 10.5. The highest BCUT2D eigenvalue weighted by atomic mass is 19.1. The lowest BCUT2D eigenvalue weighted by Gasteiger charge is -1.89. The van der Waals surface area contributed by atoms with Crippen LogP contribution in [0.5, 0.6) is 0 Å². The Balaban J connectivity index is 3.13. The molecule has 0 aliphatic rings. The Kier molecular flexibility index (Phi) is 2.26. The van der Waals surface area contributed by atoms with E-state index in [9.17, 15) is 14.5 Å². The number of hydrogen-bond donors (Lipinski definition) is 0. The van der Waals surface area contributed by atoms with E-state index in [-0.39, 0.29) is 0 Å². The van der Waals surface area contributed by atoms with Gasteiger partial charge in [-0.25, -0.2) is 4.39 Å². The van der Waals surface area contributed by atoms with E-state index in [1.807, 2.05) is 0 Å². The molecular weight excluding hydrogens is 101 g/mol. The van der Waals surface area contributed by atoms with Crippen molar-refractivity contribution in [2.45, 2.75) is 13.1 Å². The van der Waals surface area contributed by atoms with Gasteiger partial charge in [0, 0.05) is 4.92 Å². The van der Waals surface area contributed by atoms with Crippen LogP contribution in [0.1, 0.15) is 6.92 Å². The van der Waals surface area contributed by atoms with Crippen LogP contribution in [0.4, 0.5) is 4.39 Å². The van der Waals surface area contributed by atoms with Crippen LogP contribution in [0.25, 0.3) is 0 Å². The summed E-state index contributed by atoms with van der Waals surface area (Å²) in [6.07, 6.45) is -1.32. The van der Waals surface area contributed by atoms with E-state index in [4.69, 9.17) is 0 Å². The minimum atomic E-state index is -1.32. The SMILES string of the molecule is CC(F)C[N+](=O)[O-]. The quantitative estimate of drug-likeness (QED) is 0.383. The Labute approximate surface area is 40.3 Å². The molecule has 7 heavy (non-hydrogen) atoms. The van der Waals surface area contributed by atoms with Crippen LogP contribution < -0.4 is 0 Å². The maximum atomic E-state index is 11.5. The molecule has 0 amide bonds. The first-order chi connectivity index (χ1) is 3.13. The minimum Gasteiger partial charge on any atom is -0.264 e. The molecule has 0 bridgehead atoms. The minimum absolute atomic E-state index is 0.583. The van der Waals surface area contributed by atoms with Gasteiger partial charge in [0.2, 0.25) is 6.54 Å². The number of nitro groups is 1. The van der Waals surface area contributed by atoms with Crippen molar-refractivity contribution in [1.29, 1.82) is 0 Å². The third-order valence-electron chi connectivity index (χ3n) is 0.401. The van der Waals surface area contributed by atoms with Gasteiger partial charge in [0.25, 0.3) is 0 Å². The molecule has 0 aromatic carbocycles. The zero-order valence-electron chi connectivity index (χ0n) is 3.93. The summed E-state index contributed by atoms with van der Waals surface area (Å²) in [6.45, 7) is 0.572. The van der Waals surface area contributed by atoms with E-state index < -0.39 is 17.6 Å². The molecule has 0 radical (unpaired) electrons. The molecule has 0 saturated heterocycles. The standard InChI is InChI=1S/C3H6FNO2/c1-3(4)2-5(6)7/h3H,2H2,1H3. The molecule has 4 heteroatoms. The van der Waals surface area contributed by atoms with Crippen LogP contribution in [-0.4, -0.2) is 17.6 Å². The average Bonchev–Trinajstić information content (AvgIpc) is 1.27. The average molecular weight is 107 g/mol. The van der Waals surface area contributed by atoms with Crippen molar-refractivity contribution >= 4 is 0 Å². The summed E-state index contributed by atoms with van der Waals surface area (Å²) in [7, 11) is 0. The third kappa shape index (κ3) is 5.33. The predicted molar refractivity (Wildman–Crippen MR) is 22.4 cm³/mol. The Hall–Kier alpha value is -0.670. The molecule has 0 aromatic rings. The van der Waals surface area contributed by atoms with Crippen molar-refractivity contribution in [3.05, 3.63) is 10.1 Å². The molecule has 0 saturated carbocycles. The highest BCUT2D eigenvalue weighted by Gasteiger charge is 2.03. The van der Waals surface area contributed by atoms with Crippen LogP contribution in [-0.2, 0) is 0 Å². The molecule has 0 spiro atoms. The fraction of sp³-hybridized carbons (Fsp3) is 1.00. The largest absolute Gasteiger partial charge is 0.264 e. The fourth-order valence-electron chi connectivity index (χ4n) is 0.205. The highest BCUT2D eigenvalue weighted by molar-refractivity contribution is 4.38. The summed E-state index contributed by atoms with van der Waals surface area (Å²) < 4.78 is 11.5. The molecule has 3 nitrogen and oxygen atoms in total. The van der Waals surface area contributed by atoms with Crippen molar-refractivity contribution in [2.75, 3.05) is 6.54 Å². The highest BCUT2D eigenvalue weighted by Crippen LogP contribution is 1.85. The first kappa shape index (κ1) is 6.33. The van der Waals surface area contributed by atoms with E-state index in [2.05, 4.69) is 0 Å². The van der Waals surface area contributed by atoms with Crippen molar-refractivity contribution in [3.8, 4) is 0 Å². The number of halogens is 1. The monoisotopic (exact) mass is 107 g/mol. The first-order valence-corrected chi connectivity index (χ1v) is 1.89. The van der Waals surface area contributed by atoms with Crippen LogP contribution in [0.15, 0.2) is 0 Å². The number of rotatable bonds is 2. The summed E-state index contributed by atoms with van der Waals surface area (Å²) >= 11 is 0. The molecular formula is C3H6FNO2. The summed E-state index contributed by atoms with van der Waals surface area (Å²) in [5, 5.41) is 9.38. The summed E-state index contributed by atoms with van der Waals surface area (Å²) in [5.74, 6) is 0. The molecule has 42 valence electrons. The summed E-state index contributed by atoms with van der Waals surface area (Å²) in [5.41, 5.74) is 0. The van der Waals surface area contributed by atoms with Gasteiger partial charge in [-0.05, 0) is 6.92 Å². The molecule has 0 aliphatic carbocycles. The molecule has 1 atom stereocenters. The molecule has 0 fully saturated rings. The van der Waals surface area contributed by atoms with Gasteiger partial charge in [0.05, 0.1) is 0 Å². The van der Waals surface area contributed by atoms with Crippen LogP contribution in [0.3, 0.4) is 0 Å². The molecule has 1 unspecified atom stereocenters. The van der Waals surface area contributed by atoms with Crippen LogP contribution >= 0.6 is 0 Å². The van der Waals surface area contributed by atoms with Gasteiger partial charge < -0.3 is 0 Å². The second-order valence-electron chi connectivity index (χ2n) is 1.30. The van der Waals surface area contributed by atoms with E-state index in [0.29, 0.717) is 0 Å². The van der Waals surface area contributed by atoms with Gasteiger partial charge in [-0.1, -0.05) is 0 Å². The lowest BCUT2D eigenvalue weighted by Crippen LogP contribution is -2.10. The smallest absolute Gasteiger partial charge is 0.234 e. The van der Waals surface area contributed by atoms with Gasteiger partial charge in [-0.15, -0.1) is 0 Å². The predicted octanol–water partition coefficient (Wildman–Crippen LogP) is 0.621. The second-order valence-corrected chi connectivity index (χ2v) is 1.30. The normalized spacial score (nSPS) is 13.4.